The molecular formula is C19H17FN2O4. The van der Waals surface area contributed by atoms with Crippen LogP contribution in [-0.2, 0) is 22.6 Å². The number of carbonyl (C=O) groups excluding carboxylic acids is 1. The first-order chi connectivity index (χ1) is 12.5. The standard InChI is InChI=1S/C19H17FN2O4/c1-12-3-6-17-21-14(9-18(23)22(17)10-12)11-26-19(24)8-13-4-5-16(25-2)15(20)7-13/h3-7,9-10H,8,11H2,1-2H3. The van der Waals surface area contributed by atoms with Crippen LogP contribution in [0.4, 0.5) is 4.39 Å². The Bertz CT molecular complexity index is 1030. The molecule has 0 amide bonds. The second-order valence-electron chi connectivity index (χ2n) is 5.83. The van der Waals surface area contributed by atoms with Gasteiger partial charge in [0.25, 0.3) is 5.56 Å². The highest BCUT2D eigenvalue weighted by Crippen LogP contribution is 2.18. The average molecular weight is 356 g/mol. The number of hydrogen-bond donors (Lipinski definition) is 0. The van der Waals surface area contributed by atoms with Gasteiger partial charge in [0.15, 0.2) is 11.6 Å². The third kappa shape index (κ3) is 3.88. The number of halogens is 1. The van der Waals surface area contributed by atoms with Crippen LogP contribution in [0.25, 0.3) is 5.65 Å². The zero-order valence-corrected chi connectivity index (χ0v) is 14.4. The Labute approximate surface area is 148 Å². The molecule has 2 aromatic heterocycles. The van der Waals surface area contributed by atoms with Crippen LogP contribution in [-0.4, -0.2) is 22.5 Å². The number of fused-ring (bicyclic) bond motifs is 1. The summed E-state index contributed by atoms with van der Waals surface area (Å²) in [4.78, 5) is 28.4. The van der Waals surface area contributed by atoms with Crippen LogP contribution in [0, 0.1) is 12.7 Å². The summed E-state index contributed by atoms with van der Waals surface area (Å²) < 4.78 is 25.1. The number of rotatable bonds is 5. The van der Waals surface area contributed by atoms with Gasteiger partial charge in [0.2, 0.25) is 0 Å². The van der Waals surface area contributed by atoms with E-state index in [1.165, 1.54) is 29.7 Å². The van der Waals surface area contributed by atoms with Crippen LogP contribution in [0.2, 0.25) is 0 Å². The first-order valence-electron chi connectivity index (χ1n) is 7.93. The van der Waals surface area contributed by atoms with E-state index >= 15 is 0 Å². The van der Waals surface area contributed by atoms with Crippen molar-refractivity contribution in [3.05, 3.63) is 75.6 Å². The van der Waals surface area contributed by atoms with Gasteiger partial charge in [-0.15, -0.1) is 0 Å². The number of methoxy groups -OCH3 is 1. The molecule has 7 heteroatoms. The SMILES string of the molecule is COc1ccc(CC(=O)OCc2cc(=O)n3cc(C)ccc3n2)cc1F. The number of aromatic nitrogens is 2. The van der Waals surface area contributed by atoms with Gasteiger partial charge in [-0.2, -0.15) is 0 Å². The third-order valence-corrected chi connectivity index (χ3v) is 3.81. The number of esters is 1. The number of nitrogens with zero attached hydrogens (tertiary/aromatic N) is 2. The average Bonchev–Trinajstić information content (AvgIpc) is 2.61. The normalized spacial score (nSPS) is 10.7. The first-order valence-corrected chi connectivity index (χ1v) is 7.93. The first kappa shape index (κ1) is 17.6. The van der Waals surface area contributed by atoms with E-state index in [4.69, 9.17) is 9.47 Å². The zero-order valence-electron chi connectivity index (χ0n) is 14.4. The predicted octanol–water partition coefficient (Wildman–Crippen LogP) is 2.44. The van der Waals surface area contributed by atoms with Crippen LogP contribution >= 0.6 is 0 Å². The summed E-state index contributed by atoms with van der Waals surface area (Å²) in [5.41, 5.74) is 1.99. The number of hydrogen-bond acceptors (Lipinski definition) is 5. The lowest BCUT2D eigenvalue weighted by Gasteiger charge is -2.07. The third-order valence-electron chi connectivity index (χ3n) is 3.81. The van der Waals surface area contributed by atoms with Crippen molar-refractivity contribution in [2.75, 3.05) is 7.11 Å². The minimum atomic E-state index is -0.544. The number of ether oxygens (including phenoxy) is 2. The van der Waals surface area contributed by atoms with Crippen molar-refractivity contribution < 1.29 is 18.7 Å². The van der Waals surface area contributed by atoms with Crippen molar-refractivity contribution >= 4 is 11.6 Å². The summed E-state index contributed by atoms with van der Waals surface area (Å²) in [6.07, 6.45) is 1.60. The molecule has 0 atom stereocenters. The van der Waals surface area contributed by atoms with Crippen LogP contribution in [0.1, 0.15) is 16.8 Å². The Morgan fingerprint density at radius 2 is 2.04 bits per heavy atom. The second kappa shape index (κ2) is 7.35. The van der Waals surface area contributed by atoms with Gasteiger partial charge < -0.3 is 9.47 Å². The monoisotopic (exact) mass is 356 g/mol. The van der Waals surface area contributed by atoms with E-state index in [1.807, 2.05) is 13.0 Å². The lowest BCUT2D eigenvalue weighted by Crippen LogP contribution is -2.17. The lowest BCUT2D eigenvalue weighted by molar-refractivity contribution is -0.144. The Balaban J connectivity index is 1.68. The van der Waals surface area contributed by atoms with E-state index < -0.39 is 11.8 Å². The molecule has 0 aliphatic rings. The largest absolute Gasteiger partial charge is 0.494 e. The van der Waals surface area contributed by atoms with Crippen molar-refractivity contribution in [3.63, 3.8) is 0 Å². The molecule has 2 heterocycles. The van der Waals surface area contributed by atoms with E-state index in [0.29, 0.717) is 16.9 Å². The second-order valence-corrected chi connectivity index (χ2v) is 5.83. The van der Waals surface area contributed by atoms with Gasteiger partial charge in [0.1, 0.15) is 12.3 Å². The highest BCUT2D eigenvalue weighted by atomic mass is 19.1. The Hall–Kier alpha value is -3.22. The number of benzene rings is 1. The summed E-state index contributed by atoms with van der Waals surface area (Å²) in [5.74, 6) is -0.976. The molecule has 3 aromatic rings. The Morgan fingerprint density at radius 3 is 2.77 bits per heavy atom. The van der Waals surface area contributed by atoms with E-state index in [0.717, 1.165) is 5.56 Å². The molecule has 0 radical (unpaired) electrons. The highest BCUT2D eigenvalue weighted by Gasteiger charge is 2.10. The fraction of sp³-hybridized carbons (Fsp3) is 0.211. The van der Waals surface area contributed by atoms with Crippen molar-refractivity contribution in [2.45, 2.75) is 20.0 Å². The summed E-state index contributed by atoms with van der Waals surface area (Å²) in [7, 11) is 1.37. The number of pyridine rings is 1. The molecule has 134 valence electrons. The Kier molecular flexibility index (Phi) is 4.97. The summed E-state index contributed by atoms with van der Waals surface area (Å²) in [5, 5.41) is 0. The molecule has 0 saturated heterocycles. The molecule has 0 saturated carbocycles. The summed E-state index contributed by atoms with van der Waals surface area (Å²) in [6, 6.07) is 9.16. The molecule has 0 spiro atoms. The molecule has 0 aliphatic heterocycles. The molecule has 1 aromatic carbocycles. The molecule has 3 rings (SSSR count). The van der Waals surface area contributed by atoms with Gasteiger partial charge >= 0.3 is 5.97 Å². The Morgan fingerprint density at radius 1 is 1.23 bits per heavy atom. The fourth-order valence-corrected chi connectivity index (χ4v) is 2.52. The van der Waals surface area contributed by atoms with Gasteiger partial charge in [0.05, 0.1) is 19.2 Å². The van der Waals surface area contributed by atoms with E-state index in [9.17, 15) is 14.0 Å². The van der Waals surface area contributed by atoms with E-state index in [1.54, 1.807) is 18.3 Å². The maximum Gasteiger partial charge on any atom is 0.310 e. The molecule has 26 heavy (non-hydrogen) atoms. The van der Waals surface area contributed by atoms with Crippen molar-refractivity contribution in [1.29, 1.82) is 0 Å². The minimum absolute atomic E-state index is 0.0906. The molecule has 6 nitrogen and oxygen atoms in total. The fourth-order valence-electron chi connectivity index (χ4n) is 2.52. The highest BCUT2D eigenvalue weighted by molar-refractivity contribution is 5.72. The predicted molar refractivity (Wildman–Crippen MR) is 92.7 cm³/mol. The molecular weight excluding hydrogens is 339 g/mol. The maximum atomic E-state index is 13.6. The topological polar surface area (TPSA) is 69.9 Å². The van der Waals surface area contributed by atoms with E-state index in [-0.39, 0.29) is 24.3 Å². The molecule has 0 aliphatic carbocycles. The van der Waals surface area contributed by atoms with Crippen LogP contribution in [0.15, 0.2) is 47.4 Å². The minimum Gasteiger partial charge on any atom is -0.494 e. The summed E-state index contributed by atoms with van der Waals surface area (Å²) >= 11 is 0. The maximum absolute atomic E-state index is 13.6. The van der Waals surface area contributed by atoms with Crippen molar-refractivity contribution in [2.24, 2.45) is 0 Å². The zero-order chi connectivity index (χ0) is 18.7. The van der Waals surface area contributed by atoms with Gasteiger partial charge in [-0.1, -0.05) is 12.1 Å². The van der Waals surface area contributed by atoms with E-state index in [2.05, 4.69) is 4.98 Å². The van der Waals surface area contributed by atoms with Gasteiger partial charge in [-0.25, -0.2) is 9.37 Å². The smallest absolute Gasteiger partial charge is 0.310 e. The van der Waals surface area contributed by atoms with Gasteiger partial charge in [-0.3, -0.25) is 14.0 Å². The molecule has 0 bridgehead atoms. The number of aryl methyl sites for hydroxylation is 1. The molecule has 0 fully saturated rings. The number of carbonyl (C=O) groups is 1. The van der Waals surface area contributed by atoms with Gasteiger partial charge in [0, 0.05) is 12.3 Å². The summed E-state index contributed by atoms with van der Waals surface area (Å²) in [6.45, 7) is 1.75. The van der Waals surface area contributed by atoms with Crippen LogP contribution in [0.3, 0.4) is 0 Å². The molecule has 0 N–H and O–H groups in total. The van der Waals surface area contributed by atoms with Crippen molar-refractivity contribution in [1.82, 2.24) is 9.38 Å². The lowest BCUT2D eigenvalue weighted by atomic mass is 10.1. The molecule has 0 unspecified atom stereocenters. The van der Waals surface area contributed by atoms with Gasteiger partial charge in [-0.05, 0) is 36.2 Å². The quantitative estimate of drug-likeness (QED) is 0.657. The van der Waals surface area contributed by atoms with Crippen LogP contribution in [0.5, 0.6) is 5.75 Å². The van der Waals surface area contributed by atoms with Crippen LogP contribution < -0.4 is 10.3 Å². The van der Waals surface area contributed by atoms with Crippen molar-refractivity contribution in [3.8, 4) is 5.75 Å².